The smallest absolute Gasteiger partial charge is 0.213 e. The zero-order valence-corrected chi connectivity index (χ0v) is 13.3. The molecule has 24 heavy (non-hydrogen) atoms. The molecule has 0 radical (unpaired) electrons. The van der Waals surface area contributed by atoms with Gasteiger partial charge >= 0.3 is 0 Å². The highest BCUT2D eigenvalue weighted by molar-refractivity contribution is 6.35. The number of hydrogen-bond acceptors (Lipinski definition) is 2. The summed E-state index contributed by atoms with van der Waals surface area (Å²) < 4.78 is 3.69. The number of nitrogens with zero attached hydrogens (tertiary/aromatic N) is 2. The summed E-state index contributed by atoms with van der Waals surface area (Å²) in [6.45, 7) is 0. The number of aromatic nitrogens is 2. The summed E-state index contributed by atoms with van der Waals surface area (Å²) in [5, 5.41) is 1.67. The van der Waals surface area contributed by atoms with Crippen LogP contribution >= 0.6 is 0 Å². The van der Waals surface area contributed by atoms with E-state index in [1.165, 1.54) is 0 Å². The van der Waals surface area contributed by atoms with Crippen LogP contribution in [0.2, 0.25) is 0 Å². The first-order valence-electron chi connectivity index (χ1n) is 7.85. The lowest BCUT2D eigenvalue weighted by molar-refractivity contribution is 0.0971. The summed E-state index contributed by atoms with van der Waals surface area (Å²) in [6, 6.07) is 15.3. The summed E-state index contributed by atoms with van der Waals surface area (Å²) >= 11 is 0. The van der Waals surface area contributed by atoms with Gasteiger partial charge in [0.15, 0.2) is 0 Å². The van der Waals surface area contributed by atoms with Crippen molar-refractivity contribution in [3.05, 3.63) is 71.0 Å². The van der Waals surface area contributed by atoms with E-state index < -0.39 is 0 Å². The van der Waals surface area contributed by atoms with Gasteiger partial charge in [0.1, 0.15) is 11.4 Å². The standard InChI is InChI=1S/C20H14N2O2/c1-21-13-9-5-3-7-11(13)15-17(21)19(23)16-12-8-4-6-10-14(12)22(2)18(16)20(15)24/h3-10H,1-2H3. The average Bonchev–Trinajstić information content (AvgIpc) is 3.07. The molecule has 0 N–H and O–H groups in total. The minimum Gasteiger partial charge on any atom is -0.340 e. The normalized spacial score (nSPS) is 13.6. The number of ketones is 2. The third-order valence-electron chi connectivity index (χ3n) is 5.10. The van der Waals surface area contributed by atoms with Gasteiger partial charge in [0, 0.05) is 35.9 Å². The average molecular weight is 314 g/mol. The summed E-state index contributed by atoms with van der Waals surface area (Å²) in [7, 11) is 3.70. The fourth-order valence-electron chi connectivity index (χ4n) is 4.01. The zero-order chi connectivity index (χ0) is 16.6. The molecule has 0 saturated heterocycles. The topological polar surface area (TPSA) is 44.0 Å². The maximum absolute atomic E-state index is 13.3. The molecule has 0 spiro atoms. The van der Waals surface area contributed by atoms with E-state index in [1.807, 2.05) is 71.8 Å². The number of hydrogen-bond donors (Lipinski definition) is 0. The number of carbonyl (C=O) groups is 2. The molecule has 2 aromatic heterocycles. The molecule has 4 aromatic rings. The van der Waals surface area contributed by atoms with Crippen LogP contribution in [0.5, 0.6) is 0 Å². The molecular weight excluding hydrogens is 300 g/mol. The molecule has 1 aliphatic carbocycles. The van der Waals surface area contributed by atoms with Gasteiger partial charge in [-0.15, -0.1) is 0 Å². The van der Waals surface area contributed by atoms with E-state index in [4.69, 9.17) is 0 Å². The van der Waals surface area contributed by atoms with Gasteiger partial charge in [0.2, 0.25) is 11.6 Å². The van der Waals surface area contributed by atoms with Crippen molar-refractivity contribution in [3.63, 3.8) is 0 Å². The highest BCUT2D eigenvalue weighted by Gasteiger charge is 2.38. The molecule has 0 fully saturated rings. The Morgan fingerprint density at radius 2 is 1.00 bits per heavy atom. The SMILES string of the molecule is Cn1c2c(c3ccccc31)C(=O)c1c(c3ccccc3n1C)C2=O. The zero-order valence-electron chi connectivity index (χ0n) is 13.3. The molecule has 0 aliphatic heterocycles. The summed E-state index contributed by atoms with van der Waals surface area (Å²) in [6.07, 6.45) is 0. The number of fused-ring (bicyclic) bond motifs is 6. The predicted octanol–water partition coefficient (Wildman–Crippen LogP) is 3.45. The maximum Gasteiger partial charge on any atom is 0.213 e. The first-order chi connectivity index (χ1) is 11.6. The van der Waals surface area contributed by atoms with Crippen molar-refractivity contribution in [1.29, 1.82) is 0 Å². The van der Waals surface area contributed by atoms with Crippen LogP contribution in [-0.2, 0) is 14.1 Å². The highest BCUT2D eigenvalue weighted by atomic mass is 16.1. The van der Waals surface area contributed by atoms with Crippen LogP contribution in [0.15, 0.2) is 48.5 Å². The molecule has 1 aliphatic rings. The Bertz CT molecular complexity index is 1110. The van der Waals surface area contributed by atoms with Crippen LogP contribution in [0.4, 0.5) is 0 Å². The molecule has 0 saturated carbocycles. The number of para-hydroxylation sites is 2. The van der Waals surface area contributed by atoms with Crippen molar-refractivity contribution in [2.24, 2.45) is 14.1 Å². The third-order valence-corrected chi connectivity index (χ3v) is 5.10. The number of carbonyl (C=O) groups excluding carboxylic acids is 2. The van der Waals surface area contributed by atoms with Crippen LogP contribution in [-0.4, -0.2) is 20.7 Å². The molecule has 5 rings (SSSR count). The van der Waals surface area contributed by atoms with Crippen LogP contribution in [0, 0.1) is 0 Å². The van der Waals surface area contributed by atoms with Gasteiger partial charge < -0.3 is 9.13 Å². The largest absolute Gasteiger partial charge is 0.340 e. The minimum atomic E-state index is -0.0740. The van der Waals surface area contributed by atoms with Crippen LogP contribution in [0.25, 0.3) is 21.8 Å². The molecule has 0 bridgehead atoms. The van der Waals surface area contributed by atoms with E-state index >= 15 is 0 Å². The van der Waals surface area contributed by atoms with E-state index in [9.17, 15) is 9.59 Å². The van der Waals surface area contributed by atoms with Crippen molar-refractivity contribution in [3.8, 4) is 0 Å². The van der Waals surface area contributed by atoms with Crippen molar-refractivity contribution >= 4 is 33.4 Å². The van der Waals surface area contributed by atoms with E-state index in [1.54, 1.807) is 0 Å². The van der Waals surface area contributed by atoms with Gasteiger partial charge in [-0.05, 0) is 12.1 Å². The fourth-order valence-corrected chi connectivity index (χ4v) is 4.01. The fraction of sp³-hybridized carbons (Fsp3) is 0.100. The number of aryl methyl sites for hydroxylation is 2. The third kappa shape index (κ3) is 1.35. The van der Waals surface area contributed by atoms with Crippen LogP contribution in [0.3, 0.4) is 0 Å². The monoisotopic (exact) mass is 314 g/mol. The van der Waals surface area contributed by atoms with Crippen molar-refractivity contribution < 1.29 is 9.59 Å². The Kier molecular flexibility index (Phi) is 2.35. The van der Waals surface area contributed by atoms with Gasteiger partial charge in [0.05, 0.1) is 11.1 Å². The first kappa shape index (κ1) is 13.3. The highest BCUT2D eigenvalue weighted by Crippen LogP contribution is 2.38. The van der Waals surface area contributed by atoms with Crippen molar-refractivity contribution in [2.75, 3.05) is 0 Å². The van der Waals surface area contributed by atoms with Gasteiger partial charge in [-0.2, -0.15) is 0 Å². The maximum atomic E-state index is 13.3. The minimum absolute atomic E-state index is 0.0740. The van der Waals surface area contributed by atoms with E-state index in [-0.39, 0.29) is 11.6 Å². The second kappa shape index (κ2) is 4.23. The van der Waals surface area contributed by atoms with Crippen molar-refractivity contribution in [2.45, 2.75) is 0 Å². The molecule has 4 heteroatoms. The Morgan fingerprint density at radius 3 is 1.42 bits per heavy atom. The first-order valence-corrected chi connectivity index (χ1v) is 7.85. The Morgan fingerprint density at radius 1 is 0.625 bits per heavy atom. The lowest BCUT2D eigenvalue weighted by Gasteiger charge is -2.14. The van der Waals surface area contributed by atoms with Gasteiger partial charge in [0.25, 0.3) is 0 Å². The second-order valence-corrected chi connectivity index (χ2v) is 6.26. The predicted molar refractivity (Wildman–Crippen MR) is 92.7 cm³/mol. The lowest BCUT2D eigenvalue weighted by Crippen LogP contribution is -2.23. The van der Waals surface area contributed by atoms with E-state index in [2.05, 4.69) is 0 Å². The molecule has 4 nitrogen and oxygen atoms in total. The Labute approximate surface area is 137 Å². The molecule has 116 valence electrons. The molecule has 2 aromatic carbocycles. The molecule has 0 amide bonds. The molecular formula is C20H14N2O2. The van der Waals surface area contributed by atoms with Gasteiger partial charge in [-0.3, -0.25) is 9.59 Å². The summed E-state index contributed by atoms with van der Waals surface area (Å²) in [4.78, 5) is 26.6. The lowest BCUT2D eigenvalue weighted by atomic mass is 9.90. The van der Waals surface area contributed by atoms with Crippen LogP contribution < -0.4 is 0 Å². The summed E-state index contributed by atoms with van der Waals surface area (Å²) in [5.41, 5.74) is 3.84. The van der Waals surface area contributed by atoms with E-state index in [0.717, 1.165) is 21.8 Å². The summed E-state index contributed by atoms with van der Waals surface area (Å²) in [5.74, 6) is -0.148. The Balaban J connectivity index is 1.99. The molecule has 2 heterocycles. The quantitative estimate of drug-likeness (QED) is 0.439. The van der Waals surface area contributed by atoms with Crippen molar-refractivity contribution in [1.82, 2.24) is 9.13 Å². The van der Waals surface area contributed by atoms with Gasteiger partial charge in [-0.25, -0.2) is 0 Å². The van der Waals surface area contributed by atoms with Crippen LogP contribution in [0.1, 0.15) is 32.1 Å². The number of rotatable bonds is 0. The second-order valence-electron chi connectivity index (χ2n) is 6.26. The molecule has 0 unspecified atom stereocenters. The van der Waals surface area contributed by atoms with E-state index in [0.29, 0.717) is 22.5 Å². The Hall–Kier alpha value is -3.14. The number of benzene rings is 2. The molecule has 0 atom stereocenters. The van der Waals surface area contributed by atoms with Gasteiger partial charge in [-0.1, -0.05) is 36.4 Å².